The molecule has 0 saturated carbocycles. The Hall–Kier alpha value is -1.95. The Kier molecular flexibility index (Phi) is 3.02. The average Bonchev–Trinajstić information content (AvgIpc) is 2.39. The van der Waals surface area contributed by atoms with Gasteiger partial charge in [0.15, 0.2) is 5.82 Å². The maximum Gasteiger partial charge on any atom is 0.265 e. The number of fused-ring (bicyclic) bond motifs is 3. The summed E-state index contributed by atoms with van der Waals surface area (Å²) in [7, 11) is -3.83. The van der Waals surface area contributed by atoms with Gasteiger partial charge >= 0.3 is 0 Å². The molecule has 1 aliphatic heterocycles. The van der Waals surface area contributed by atoms with Crippen LogP contribution in [0.2, 0.25) is 0 Å². The van der Waals surface area contributed by atoms with Crippen molar-refractivity contribution >= 4 is 15.7 Å². The number of hydrogen-bond donors (Lipinski definition) is 0. The van der Waals surface area contributed by atoms with Gasteiger partial charge in [-0.05, 0) is 32.0 Å². The number of halogens is 2. The second kappa shape index (κ2) is 4.53. The standard InChI is InChI=1S/C15H13F2NO2S/c1-3-18-15-12(7-10(16)8-13(15)17)11-6-9(2)4-5-14(11)21(18,19)20/h4-8H,3H2,1-2H3. The molecule has 0 bridgehead atoms. The van der Waals surface area contributed by atoms with Crippen molar-refractivity contribution in [1.29, 1.82) is 0 Å². The van der Waals surface area contributed by atoms with Crippen LogP contribution >= 0.6 is 0 Å². The van der Waals surface area contributed by atoms with Gasteiger partial charge in [0.25, 0.3) is 10.0 Å². The minimum absolute atomic E-state index is 0.0746. The van der Waals surface area contributed by atoms with Gasteiger partial charge in [0.2, 0.25) is 0 Å². The number of benzene rings is 2. The fourth-order valence-corrected chi connectivity index (χ4v) is 4.36. The first-order valence-corrected chi connectivity index (χ1v) is 7.93. The minimum Gasteiger partial charge on any atom is -0.263 e. The van der Waals surface area contributed by atoms with E-state index in [1.165, 1.54) is 12.1 Å². The third kappa shape index (κ3) is 1.93. The highest BCUT2D eigenvalue weighted by Gasteiger charge is 2.36. The van der Waals surface area contributed by atoms with Crippen LogP contribution in [0.25, 0.3) is 11.1 Å². The van der Waals surface area contributed by atoms with Gasteiger partial charge in [-0.1, -0.05) is 11.6 Å². The Morgan fingerprint density at radius 3 is 2.48 bits per heavy atom. The van der Waals surface area contributed by atoms with E-state index in [-0.39, 0.29) is 22.7 Å². The molecule has 0 radical (unpaired) electrons. The highest BCUT2D eigenvalue weighted by atomic mass is 32.2. The Bertz CT molecular complexity index is 847. The number of rotatable bonds is 1. The summed E-state index contributed by atoms with van der Waals surface area (Å²) in [5.74, 6) is -1.60. The molecule has 0 atom stereocenters. The molecule has 1 heterocycles. The summed E-state index contributed by atoms with van der Waals surface area (Å²) in [5, 5.41) is 0. The number of sulfonamides is 1. The molecule has 0 N–H and O–H groups in total. The fraction of sp³-hybridized carbons (Fsp3) is 0.200. The third-order valence-corrected chi connectivity index (χ3v) is 5.49. The summed E-state index contributed by atoms with van der Waals surface area (Å²) >= 11 is 0. The van der Waals surface area contributed by atoms with Crippen LogP contribution in [-0.4, -0.2) is 15.0 Å². The Labute approximate surface area is 121 Å². The van der Waals surface area contributed by atoms with Crippen molar-refractivity contribution in [3.63, 3.8) is 0 Å². The Morgan fingerprint density at radius 1 is 1.10 bits per heavy atom. The molecule has 2 aromatic carbocycles. The van der Waals surface area contributed by atoms with E-state index in [1.54, 1.807) is 26.0 Å². The zero-order valence-electron chi connectivity index (χ0n) is 11.5. The molecule has 1 aliphatic rings. The molecule has 0 aliphatic carbocycles. The Balaban J connectivity index is 2.48. The minimum atomic E-state index is -3.83. The summed E-state index contributed by atoms with van der Waals surface area (Å²) in [6.45, 7) is 3.49. The molecule has 0 aromatic heterocycles. The van der Waals surface area contributed by atoms with Crippen molar-refractivity contribution in [3.8, 4) is 11.1 Å². The van der Waals surface area contributed by atoms with Gasteiger partial charge in [0, 0.05) is 23.7 Å². The number of anilines is 1. The SMILES string of the molecule is CCN1c2c(F)cc(F)cc2-c2cc(C)ccc2S1(=O)=O. The summed E-state index contributed by atoms with van der Waals surface area (Å²) in [6, 6.07) is 6.67. The predicted octanol–water partition coefficient (Wildman–Crippen LogP) is 3.47. The number of nitrogens with zero attached hydrogens (tertiary/aromatic N) is 1. The smallest absolute Gasteiger partial charge is 0.263 e. The van der Waals surface area contributed by atoms with E-state index >= 15 is 0 Å². The zero-order valence-corrected chi connectivity index (χ0v) is 12.3. The first-order chi connectivity index (χ1) is 9.86. The Morgan fingerprint density at radius 2 is 1.81 bits per heavy atom. The van der Waals surface area contributed by atoms with Gasteiger partial charge in [0.05, 0.1) is 10.6 Å². The van der Waals surface area contributed by atoms with Crippen molar-refractivity contribution in [1.82, 2.24) is 0 Å². The van der Waals surface area contributed by atoms with Gasteiger partial charge in [0.1, 0.15) is 5.82 Å². The molecule has 0 amide bonds. The van der Waals surface area contributed by atoms with Crippen LogP contribution in [0.3, 0.4) is 0 Å². The van der Waals surface area contributed by atoms with Crippen LogP contribution < -0.4 is 4.31 Å². The van der Waals surface area contributed by atoms with Crippen LogP contribution in [0.1, 0.15) is 12.5 Å². The van der Waals surface area contributed by atoms with Gasteiger partial charge in [-0.15, -0.1) is 0 Å². The normalized spacial score (nSPS) is 15.5. The number of aryl methyl sites for hydroxylation is 1. The highest BCUT2D eigenvalue weighted by Crippen LogP contribution is 2.44. The molecule has 0 unspecified atom stereocenters. The average molecular weight is 309 g/mol. The van der Waals surface area contributed by atoms with Crippen LogP contribution in [0, 0.1) is 18.6 Å². The molecule has 110 valence electrons. The van der Waals surface area contributed by atoms with E-state index in [4.69, 9.17) is 0 Å². The van der Waals surface area contributed by atoms with Crippen molar-refractivity contribution in [3.05, 3.63) is 47.5 Å². The van der Waals surface area contributed by atoms with Crippen LogP contribution in [0.5, 0.6) is 0 Å². The lowest BCUT2D eigenvalue weighted by Crippen LogP contribution is -2.35. The van der Waals surface area contributed by atoms with E-state index in [1.807, 2.05) is 0 Å². The van der Waals surface area contributed by atoms with Crippen molar-refractivity contribution in [2.75, 3.05) is 10.8 Å². The van der Waals surface area contributed by atoms with Crippen LogP contribution in [0.4, 0.5) is 14.5 Å². The maximum absolute atomic E-state index is 14.2. The largest absolute Gasteiger partial charge is 0.265 e. The second-order valence-electron chi connectivity index (χ2n) is 4.95. The number of hydrogen-bond acceptors (Lipinski definition) is 2. The van der Waals surface area contributed by atoms with Crippen molar-refractivity contribution in [2.45, 2.75) is 18.7 Å². The van der Waals surface area contributed by atoms with E-state index < -0.39 is 21.7 Å². The predicted molar refractivity (Wildman–Crippen MR) is 76.7 cm³/mol. The summed E-state index contributed by atoms with van der Waals surface area (Å²) in [5.41, 5.74) is 1.34. The van der Waals surface area contributed by atoms with Crippen molar-refractivity contribution in [2.24, 2.45) is 0 Å². The highest BCUT2D eigenvalue weighted by molar-refractivity contribution is 7.93. The molecular formula is C15H13F2NO2S. The molecule has 3 rings (SSSR count). The molecule has 0 fully saturated rings. The molecular weight excluding hydrogens is 296 g/mol. The topological polar surface area (TPSA) is 37.4 Å². The second-order valence-corrected chi connectivity index (χ2v) is 6.78. The van der Waals surface area contributed by atoms with Crippen LogP contribution in [-0.2, 0) is 10.0 Å². The van der Waals surface area contributed by atoms with Gasteiger partial charge in [-0.3, -0.25) is 4.31 Å². The van der Waals surface area contributed by atoms with E-state index in [9.17, 15) is 17.2 Å². The van der Waals surface area contributed by atoms with Crippen LogP contribution in [0.15, 0.2) is 35.2 Å². The van der Waals surface area contributed by atoms with E-state index in [2.05, 4.69) is 0 Å². The molecule has 21 heavy (non-hydrogen) atoms. The molecule has 6 heteroatoms. The van der Waals surface area contributed by atoms with E-state index in [0.717, 1.165) is 9.87 Å². The summed E-state index contributed by atoms with van der Waals surface area (Å²) < 4.78 is 53.9. The molecule has 2 aromatic rings. The first-order valence-electron chi connectivity index (χ1n) is 6.49. The molecule has 0 spiro atoms. The van der Waals surface area contributed by atoms with E-state index in [0.29, 0.717) is 11.6 Å². The summed E-state index contributed by atoms with van der Waals surface area (Å²) in [4.78, 5) is 0.0763. The molecule has 3 nitrogen and oxygen atoms in total. The zero-order chi connectivity index (χ0) is 15.4. The lowest BCUT2D eigenvalue weighted by Gasteiger charge is -2.31. The lowest BCUT2D eigenvalue weighted by molar-refractivity contribution is 0.573. The third-order valence-electron chi connectivity index (χ3n) is 3.56. The molecule has 0 saturated heterocycles. The summed E-state index contributed by atoms with van der Waals surface area (Å²) in [6.07, 6.45) is 0. The fourth-order valence-electron chi connectivity index (χ4n) is 2.67. The lowest BCUT2D eigenvalue weighted by atomic mass is 10.0. The van der Waals surface area contributed by atoms with Crippen molar-refractivity contribution < 1.29 is 17.2 Å². The monoisotopic (exact) mass is 309 g/mol. The maximum atomic E-state index is 14.2. The van der Waals surface area contributed by atoms with Gasteiger partial charge in [-0.25, -0.2) is 17.2 Å². The van der Waals surface area contributed by atoms with Gasteiger partial charge < -0.3 is 0 Å². The van der Waals surface area contributed by atoms with Gasteiger partial charge in [-0.2, -0.15) is 0 Å². The first kappa shape index (κ1) is 14.0. The quantitative estimate of drug-likeness (QED) is 0.809.